The monoisotopic (exact) mass is 389 g/mol. The van der Waals surface area contributed by atoms with E-state index >= 15 is 0 Å². The summed E-state index contributed by atoms with van der Waals surface area (Å²) in [5.41, 5.74) is 1.30. The number of alkyl halides is 2. The van der Waals surface area contributed by atoms with Crippen molar-refractivity contribution in [3.8, 4) is 5.69 Å². The summed E-state index contributed by atoms with van der Waals surface area (Å²) >= 11 is 0. The van der Waals surface area contributed by atoms with Crippen LogP contribution in [0.15, 0.2) is 53.7 Å². The number of anilines is 1. The highest BCUT2D eigenvalue weighted by Crippen LogP contribution is 2.19. The van der Waals surface area contributed by atoms with E-state index in [1.165, 1.54) is 29.1 Å². The fourth-order valence-corrected chi connectivity index (χ4v) is 2.70. The number of aryl methyl sites for hydroxylation is 1. The van der Waals surface area contributed by atoms with Crippen molar-refractivity contribution in [3.63, 3.8) is 0 Å². The zero-order valence-corrected chi connectivity index (χ0v) is 14.9. The number of hydrogen-bond acceptors (Lipinski definition) is 4. The zero-order valence-electron chi connectivity index (χ0n) is 14.9. The van der Waals surface area contributed by atoms with Gasteiger partial charge in [-0.1, -0.05) is 12.1 Å². The summed E-state index contributed by atoms with van der Waals surface area (Å²) in [4.78, 5) is 24.0. The van der Waals surface area contributed by atoms with E-state index in [0.29, 0.717) is 16.2 Å². The molecular formula is C18H17F2N5O3. The van der Waals surface area contributed by atoms with Crippen molar-refractivity contribution < 1.29 is 18.7 Å². The molecule has 0 saturated heterocycles. The van der Waals surface area contributed by atoms with Gasteiger partial charge in [-0.2, -0.15) is 10.2 Å². The average molecular weight is 389 g/mol. The second-order valence-electron chi connectivity index (χ2n) is 6.07. The maximum Gasteiger partial charge on any atom is 0.412 e. The zero-order chi connectivity index (χ0) is 20.3. The Bertz CT molecular complexity index is 1050. The van der Waals surface area contributed by atoms with Gasteiger partial charge in [0.15, 0.2) is 0 Å². The Morgan fingerprint density at radius 1 is 1.32 bits per heavy atom. The lowest BCUT2D eigenvalue weighted by Crippen LogP contribution is -2.33. The Labute approximate surface area is 158 Å². The summed E-state index contributed by atoms with van der Waals surface area (Å²) in [6.45, 7) is -0.934. The van der Waals surface area contributed by atoms with E-state index < -0.39 is 19.1 Å². The topological polar surface area (TPSA) is 93.2 Å². The number of nitrogens with zero attached hydrogens (tertiary/aromatic N) is 5. The normalized spacial score (nSPS) is 11.0. The van der Waals surface area contributed by atoms with E-state index in [1.54, 1.807) is 36.3 Å². The molecule has 0 aliphatic rings. The number of aromatic nitrogens is 4. The van der Waals surface area contributed by atoms with Crippen LogP contribution in [-0.4, -0.2) is 43.7 Å². The predicted molar refractivity (Wildman–Crippen MR) is 97.2 cm³/mol. The van der Waals surface area contributed by atoms with Crippen LogP contribution >= 0.6 is 0 Å². The van der Waals surface area contributed by atoms with Gasteiger partial charge in [0.1, 0.15) is 11.4 Å². The van der Waals surface area contributed by atoms with Gasteiger partial charge in [0.05, 0.1) is 18.9 Å². The molecule has 10 heteroatoms. The van der Waals surface area contributed by atoms with Crippen molar-refractivity contribution in [1.29, 1.82) is 0 Å². The summed E-state index contributed by atoms with van der Waals surface area (Å²) in [7, 11) is 1.76. The van der Waals surface area contributed by atoms with Gasteiger partial charge in [0, 0.05) is 31.4 Å². The molecule has 0 atom stereocenters. The second-order valence-corrected chi connectivity index (χ2v) is 6.07. The van der Waals surface area contributed by atoms with Crippen LogP contribution in [0.25, 0.3) is 5.69 Å². The molecule has 0 bridgehead atoms. The van der Waals surface area contributed by atoms with Crippen LogP contribution < -0.4 is 10.3 Å². The summed E-state index contributed by atoms with van der Waals surface area (Å²) in [5.74, 6) is 0. The van der Waals surface area contributed by atoms with Crippen LogP contribution in [0.2, 0.25) is 0 Å². The van der Waals surface area contributed by atoms with Crippen molar-refractivity contribution in [2.75, 3.05) is 11.4 Å². The van der Waals surface area contributed by atoms with E-state index in [-0.39, 0.29) is 23.2 Å². The average Bonchev–Trinajstić information content (AvgIpc) is 3.08. The van der Waals surface area contributed by atoms with Gasteiger partial charge in [-0.05, 0) is 17.7 Å². The molecule has 2 heterocycles. The molecule has 0 aliphatic heterocycles. The van der Waals surface area contributed by atoms with E-state index in [0.717, 1.165) is 0 Å². The molecule has 0 saturated carbocycles. The number of rotatable bonds is 6. The van der Waals surface area contributed by atoms with Crippen molar-refractivity contribution in [2.45, 2.75) is 12.8 Å². The fourth-order valence-electron chi connectivity index (χ4n) is 2.70. The van der Waals surface area contributed by atoms with Crippen molar-refractivity contribution in [1.82, 2.24) is 19.6 Å². The molecule has 1 aromatic carbocycles. The Balaban J connectivity index is 1.90. The van der Waals surface area contributed by atoms with Crippen LogP contribution in [-0.2, 0) is 13.5 Å². The van der Waals surface area contributed by atoms with Gasteiger partial charge >= 0.3 is 6.09 Å². The van der Waals surface area contributed by atoms with Gasteiger partial charge in [0.25, 0.3) is 6.43 Å². The largest absolute Gasteiger partial charge is 0.465 e. The van der Waals surface area contributed by atoms with E-state index in [2.05, 4.69) is 10.2 Å². The molecule has 0 fully saturated rings. The van der Waals surface area contributed by atoms with Gasteiger partial charge in [-0.3, -0.25) is 14.4 Å². The third kappa shape index (κ3) is 4.40. The maximum atomic E-state index is 12.7. The number of halogens is 2. The summed E-state index contributed by atoms with van der Waals surface area (Å²) < 4.78 is 28.5. The molecule has 28 heavy (non-hydrogen) atoms. The molecule has 146 valence electrons. The van der Waals surface area contributed by atoms with Crippen molar-refractivity contribution in [2.24, 2.45) is 7.05 Å². The first-order valence-corrected chi connectivity index (χ1v) is 8.29. The Kier molecular flexibility index (Phi) is 5.48. The Morgan fingerprint density at radius 2 is 2.11 bits per heavy atom. The first-order chi connectivity index (χ1) is 13.3. The quantitative estimate of drug-likeness (QED) is 0.698. The van der Waals surface area contributed by atoms with Crippen LogP contribution in [0.4, 0.5) is 19.3 Å². The molecule has 0 spiro atoms. The first kappa shape index (κ1) is 19.2. The SMILES string of the molecule is Cn1cc(-n2ccc(=O)c(Cc3cccc(N(CC(F)F)C(=O)O)c3)n2)cn1. The van der Waals surface area contributed by atoms with Gasteiger partial charge in [-0.15, -0.1) is 0 Å². The molecule has 0 radical (unpaired) electrons. The predicted octanol–water partition coefficient (Wildman–Crippen LogP) is 2.31. The molecule has 2 aromatic heterocycles. The molecule has 1 amide bonds. The van der Waals surface area contributed by atoms with Crippen LogP contribution in [0.1, 0.15) is 11.3 Å². The minimum absolute atomic E-state index is 0.105. The third-order valence-electron chi connectivity index (χ3n) is 3.98. The highest BCUT2D eigenvalue weighted by Gasteiger charge is 2.19. The molecule has 3 rings (SSSR count). The van der Waals surface area contributed by atoms with E-state index in [1.807, 2.05) is 0 Å². The number of amides is 1. The lowest BCUT2D eigenvalue weighted by molar-refractivity contribution is 0.148. The minimum Gasteiger partial charge on any atom is -0.465 e. The van der Waals surface area contributed by atoms with Crippen LogP contribution in [0, 0.1) is 0 Å². The van der Waals surface area contributed by atoms with E-state index in [4.69, 9.17) is 0 Å². The lowest BCUT2D eigenvalue weighted by atomic mass is 10.1. The minimum atomic E-state index is -2.80. The molecule has 3 aromatic rings. The van der Waals surface area contributed by atoms with E-state index in [9.17, 15) is 23.5 Å². The maximum absolute atomic E-state index is 12.7. The molecule has 0 unspecified atom stereocenters. The van der Waals surface area contributed by atoms with Crippen molar-refractivity contribution in [3.05, 3.63) is 70.4 Å². The third-order valence-corrected chi connectivity index (χ3v) is 3.98. The standard InChI is InChI=1S/C18H17F2N5O3/c1-23-10-14(9-21-23)25-6-5-16(26)15(22-25)8-12-3-2-4-13(7-12)24(18(27)28)11-17(19)20/h2-7,9-10,17H,8,11H2,1H3,(H,27,28). The summed E-state index contributed by atoms with van der Waals surface area (Å²) in [6.07, 6.45) is 0.689. The highest BCUT2D eigenvalue weighted by molar-refractivity contribution is 5.86. The highest BCUT2D eigenvalue weighted by atomic mass is 19.3. The molecule has 1 N–H and O–H groups in total. The van der Waals surface area contributed by atoms with Gasteiger partial charge in [0.2, 0.25) is 5.43 Å². The van der Waals surface area contributed by atoms with Crippen molar-refractivity contribution >= 4 is 11.8 Å². The summed E-state index contributed by atoms with van der Waals surface area (Å²) in [5, 5.41) is 17.5. The number of hydrogen-bond donors (Lipinski definition) is 1. The Hall–Kier alpha value is -3.56. The summed E-state index contributed by atoms with van der Waals surface area (Å²) in [6, 6.07) is 7.48. The fraction of sp³-hybridized carbons (Fsp3) is 0.222. The Morgan fingerprint density at radius 3 is 2.75 bits per heavy atom. The number of benzene rings is 1. The number of carbonyl (C=O) groups is 1. The van der Waals surface area contributed by atoms with Crippen LogP contribution in [0.3, 0.4) is 0 Å². The smallest absolute Gasteiger partial charge is 0.412 e. The first-order valence-electron chi connectivity index (χ1n) is 8.29. The van der Waals surface area contributed by atoms with Gasteiger partial charge < -0.3 is 5.11 Å². The molecule has 8 nitrogen and oxygen atoms in total. The molecule has 0 aliphatic carbocycles. The molecular weight excluding hydrogens is 372 g/mol. The number of carboxylic acid groups (broad SMARTS) is 1. The van der Waals surface area contributed by atoms with Gasteiger partial charge in [-0.25, -0.2) is 18.3 Å². The van der Waals surface area contributed by atoms with Crippen LogP contribution in [0.5, 0.6) is 0 Å². The lowest BCUT2D eigenvalue weighted by Gasteiger charge is -2.19. The second kappa shape index (κ2) is 7.99.